The first-order valence-electron chi connectivity index (χ1n) is 9.59. The number of oxazole rings is 1. The maximum atomic E-state index is 12.7. The Balaban J connectivity index is 1.73. The molecule has 0 saturated heterocycles. The highest BCUT2D eigenvalue weighted by Crippen LogP contribution is 2.31. The van der Waals surface area contributed by atoms with Gasteiger partial charge in [-0.15, -0.1) is 0 Å². The van der Waals surface area contributed by atoms with Crippen molar-refractivity contribution in [2.75, 3.05) is 6.54 Å². The smallest absolute Gasteiger partial charge is 0.416 e. The molecule has 31 heavy (non-hydrogen) atoms. The molecule has 0 amide bonds. The molecule has 164 valence electrons. The van der Waals surface area contributed by atoms with Gasteiger partial charge in [0, 0.05) is 12.1 Å². The lowest BCUT2D eigenvalue weighted by molar-refractivity contribution is -0.137. The van der Waals surface area contributed by atoms with Gasteiger partial charge in [0.05, 0.1) is 5.56 Å². The molecule has 2 N–H and O–H groups in total. The third-order valence-electron chi connectivity index (χ3n) is 4.98. The van der Waals surface area contributed by atoms with Gasteiger partial charge in [-0.2, -0.15) is 13.2 Å². The molecule has 5 nitrogen and oxygen atoms in total. The number of aromatic nitrogens is 1. The fraction of sp³-hybridized carbons (Fsp3) is 0.261. The lowest BCUT2D eigenvalue weighted by Gasteiger charge is -2.10. The number of nitrogens with one attached hydrogen (secondary N) is 1. The van der Waals surface area contributed by atoms with Crippen LogP contribution in [0.3, 0.4) is 0 Å². The van der Waals surface area contributed by atoms with E-state index in [0.29, 0.717) is 29.3 Å². The van der Waals surface area contributed by atoms with Crippen LogP contribution in [-0.2, 0) is 12.8 Å². The molecule has 3 aromatic rings. The highest BCUT2D eigenvalue weighted by atomic mass is 19.4. The van der Waals surface area contributed by atoms with Crippen LogP contribution in [0.25, 0.3) is 17.0 Å². The number of alkyl halides is 3. The minimum Gasteiger partial charge on any atom is -0.487 e. The first-order valence-corrected chi connectivity index (χ1v) is 9.59. The summed E-state index contributed by atoms with van der Waals surface area (Å²) < 4.78 is 49.7. The maximum absolute atomic E-state index is 12.7. The van der Waals surface area contributed by atoms with Gasteiger partial charge in [0.2, 0.25) is 5.89 Å². The monoisotopic (exact) mass is 432 g/mol. The number of hydroxylamine groups is 1. The molecule has 0 aliphatic rings. The molecule has 0 aliphatic carbocycles. The van der Waals surface area contributed by atoms with Crippen LogP contribution in [0, 0.1) is 6.92 Å². The lowest BCUT2D eigenvalue weighted by atomic mass is 10.0. The van der Waals surface area contributed by atoms with Crippen molar-refractivity contribution in [3.63, 3.8) is 0 Å². The largest absolute Gasteiger partial charge is 0.487 e. The molecule has 1 aromatic heterocycles. The van der Waals surface area contributed by atoms with Crippen LogP contribution in [0.1, 0.15) is 36.4 Å². The van der Waals surface area contributed by atoms with Crippen molar-refractivity contribution < 1.29 is 27.5 Å². The van der Waals surface area contributed by atoms with Crippen LogP contribution in [0.4, 0.5) is 13.2 Å². The van der Waals surface area contributed by atoms with Crippen molar-refractivity contribution in [3.05, 3.63) is 76.7 Å². The number of aryl methyl sites for hydroxylation is 1. The molecule has 3 rings (SSSR count). The molecule has 8 heteroatoms. The normalized spacial score (nSPS) is 12.6. The van der Waals surface area contributed by atoms with E-state index >= 15 is 0 Å². The Labute approximate surface area is 178 Å². The van der Waals surface area contributed by atoms with Gasteiger partial charge in [-0.3, -0.25) is 0 Å². The van der Waals surface area contributed by atoms with Crippen LogP contribution in [0.15, 0.2) is 58.5 Å². The molecule has 0 aliphatic heterocycles. The summed E-state index contributed by atoms with van der Waals surface area (Å²) >= 11 is 0. The van der Waals surface area contributed by atoms with Crippen molar-refractivity contribution in [3.8, 4) is 17.2 Å². The van der Waals surface area contributed by atoms with E-state index in [9.17, 15) is 13.2 Å². The predicted octanol–water partition coefficient (Wildman–Crippen LogP) is 6.02. The minimum atomic E-state index is -4.39. The first kappa shape index (κ1) is 22.6. The Morgan fingerprint density at radius 2 is 1.84 bits per heavy atom. The predicted molar refractivity (Wildman–Crippen MR) is 111 cm³/mol. The van der Waals surface area contributed by atoms with E-state index in [1.807, 2.05) is 38.1 Å². The second-order valence-corrected chi connectivity index (χ2v) is 7.15. The summed E-state index contributed by atoms with van der Waals surface area (Å²) in [5, 5.41) is 8.88. The summed E-state index contributed by atoms with van der Waals surface area (Å²) in [6, 6.07) is 12.2. The number of hydrogen-bond acceptors (Lipinski definition) is 5. The summed E-state index contributed by atoms with van der Waals surface area (Å²) in [6.45, 7) is 6.13. The van der Waals surface area contributed by atoms with Gasteiger partial charge in [0.15, 0.2) is 0 Å². The summed E-state index contributed by atoms with van der Waals surface area (Å²) in [5.41, 5.74) is 5.42. The SMILES string of the molecule is CC(CNO)=C(C)c1cccc(OCc2nc(-c3ccc(C(F)(F)F)cc3)oc2C)c1. The topological polar surface area (TPSA) is 67.5 Å². The maximum Gasteiger partial charge on any atom is 0.416 e. The Hall–Kier alpha value is -3.10. The van der Waals surface area contributed by atoms with Gasteiger partial charge in [0.1, 0.15) is 23.8 Å². The molecule has 0 radical (unpaired) electrons. The molecular formula is C23H23F3N2O3. The zero-order chi connectivity index (χ0) is 22.6. The number of nitrogens with zero attached hydrogens (tertiary/aromatic N) is 1. The Bertz CT molecular complexity index is 1070. The van der Waals surface area contributed by atoms with Gasteiger partial charge in [0.25, 0.3) is 0 Å². The molecule has 0 bridgehead atoms. The van der Waals surface area contributed by atoms with Crippen molar-refractivity contribution in [1.29, 1.82) is 0 Å². The summed E-state index contributed by atoms with van der Waals surface area (Å²) in [4.78, 5) is 4.38. The van der Waals surface area contributed by atoms with E-state index in [0.717, 1.165) is 28.8 Å². The summed E-state index contributed by atoms with van der Waals surface area (Å²) in [6.07, 6.45) is -4.39. The van der Waals surface area contributed by atoms with Crippen LogP contribution in [0.2, 0.25) is 0 Å². The molecule has 1 heterocycles. The van der Waals surface area contributed by atoms with Crippen molar-refractivity contribution in [2.24, 2.45) is 0 Å². The van der Waals surface area contributed by atoms with Gasteiger partial charge < -0.3 is 14.4 Å². The lowest BCUT2D eigenvalue weighted by Crippen LogP contribution is -2.10. The highest BCUT2D eigenvalue weighted by Gasteiger charge is 2.30. The van der Waals surface area contributed by atoms with Gasteiger partial charge in [-0.1, -0.05) is 17.7 Å². The number of allylic oxidation sites excluding steroid dienone is 1. The highest BCUT2D eigenvalue weighted by molar-refractivity contribution is 5.67. The zero-order valence-corrected chi connectivity index (χ0v) is 17.4. The fourth-order valence-electron chi connectivity index (χ4n) is 2.96. The fourth-order valence-corrected chi connectivity index (χ4v) is 2.96. The second kappa shape index (κ2) is 9.36. The number of hydrogen-bond donors (Lipinski definition) is 2. The van der Waals surface area contributed by atoms with Gasteiger partial charge in [-0.25, -0.2) is 10.5 Å². The minimum absolute atomic E-state index is 0.152. The quantitative estimate of drug-likeness (QED) is 0.447. The molecule has 2 aromatic carbocycles. The van der Waals surface area contributed by atoms with Crippen molar-refractivity contribution in [1.82, 2.24) is 10.5 Å². The second-order valence-electron chi connectivity index (χ2n) is 7.15. The number of rotatable bonds is 7. The van der Waals surface area contributed by atoms with E-state index in [2.05, 4.69) is 10.5 Å². The number of benzene rings is 2. The van der Waals surface area contributed by atoms with Crippen molar-refractivity contribution >= 4 is 5.57 Å². The molecule has 0 unspecified atom stereocenters. The number of ether oxygens (including phenoxy) is 1. The Morgan fingerprint density at radius 1 is 1.13 bits per heavy atom. The summed E-state index contributed by atoms with van der Waals surface area (Å²) in [5.74, 6) is 1.41. The van der Waals surface area contributed by atoms with Crippen LogP contribution >= 0.6 is 0 Å². The molecule has 0 spiro atoms. The summed E-state index contributed by atoms with van der Waals surface area (Å²) in [7, 11) is 0. The first-order chi connectivity index (χ1) is 14.7. The van der Waals surface area contributed by atoms with Crippen LogP contribution in [0.5, 0.6) is 5.75 Å². The van der Waals surface area contributed by atoms with Crippen LogP contribution < -0.4 is 10.2 Å². The molecular weight excluding hydrogens is 409 g/mol. The molecule has 0 fully saturated rings. The van der Waals surface area contributed by atoms with E-state index in [4.69, 9.17) is 14.4 Å². The third-order valence-corrected chi connectivity index (χ3v) is 4.98. The third kappa shape index (κ3) is 5.53. The number of halogens is 3. The Kier molecular flexibility index (Phi) is 6.82. The van der Waals surface area contributed by atoms with Gasteiger partial charge >= 0.3 is 6.18 Å². The standard InChI is InChI=1S/C23H23F3N2O3/c1-14(12-27-29)15(2)18-5-4-6-20(11-18)30-13-21-16(3)31-22(28-21)17-7-9-19(10-8-17)23(24,25)26/h4-11,27,29H,12-13H2,1-3H3. The Morgan fingerprint density at radius 3 is 2.48 bits per heavy atom. The van der Waals surface area contributed by atoms with Crippen LogP contribution in [-0.4, -0.2) is 16.7 Å². The zero-order valence-electron chi connectivity index (χ0n) is 17.4. The molecule has 0 saturated carbocycles. The average molecular weight is 432 g/mol. The van der Waals surface area contributed by atoms with Gasteiger partial charge in [-0.05, 0) is 68.3 Å². The molecule has 0 atom stereocenters. The van der Waals surface area contributed by atoms with E-state index in [1.54, 1.807) is 6.92 Å². The van der Waals surface area contributed by atoms with E-state index < -0.39 is 11.7 Å². The van der Waals surface area contributed by atoms with E-state index in [-0.39, 0.29) is 12.5 Å². The van der Waals surface area contributed by atoms with E-state index in [1.165, 1.54) is 12.1 Å². The van der Waals surface area contributed by atoms with Crippen molar-refractivity contribution in [2.45, 2.75) is 33.6 Å². The average Bonchev–Trinajstić information content (AvgIpc) is 3.12.